The number of carbonyl (C=O) groups excluding carboxylic acids is 1. The second kappa shape index (κ2) is 6.09. The van der Waals surface area contributed by atoms with Crippen LogP contribution in [0.3, 0.4) is 0 Å². The minimum atomic E-state index is 0.0785. The van der Waals surface area contributed by atoms with Gasteiger partial charge in [0.15, 0.2) is 0 Å². The summed E-state index contributed by atoms with van der Waals surface area (Å²) in [4.78, 5) is 10.8. The van der Waals surface area contributed by atoms with Gasteiger partial charge in [-0.3, -0.25) is 4.79 Å². The lowest BCUT2D eigenvalue weighted by Gasteiger charge is -2.10. The third kappa shape index (κ3) is 4.22. The van der Waals surface area contributed by atoms with Crippen LogP contribution in [-0.4, -0.2) is 23.3 Å². The van der Waals surface area contributed by atoms with Crippen molar-refractivity contribution in [3.8, 4) is 0 Å². The van der Waals surface area contributed by atoms with Crippen LogP contribution in [0.25, 0.3) is 0 Å². The van der Waals surface area contributed by atoms with Crippen LogP contribution in [0, 0.1) is 0 Å². The smallest absolute Gasteiger partial charge is 0.146 e. The first kappa shape index (κ1) is 10.4. The van der Waals surface area contributed by atoms with Gasteiger partial charge in [0, 0.05) is 0 Å². The summed E-state index contributed by atoms with van der Waals surface area (Å²) in [5, 5.41) is 2.98. The summed E-state index contributed by atoms with van der Waals surface area (Å²) in [6, 6.07) is 0.0785. The number of alkyl halides is 1. The normalized spacial score (nSPS) is 13.1. The molecule has 0 heterocycles. The van der Waals surface area contributed by atoms with E-state index in [0.717, 1.165) is 17.3 Å². The number of nitrogens with one attached hydrogen (secondary N) is 1. The van der Waals surface area contributed by atoms with E-state index in [4.69, 9.17) is 0 Å². The zero-order chi connectivity index (χ0) is 7.98. The van der Waals surface area contributed by atoms with Gasteiger partial charge in [0.1, 0.15) is 5.78 Å². The lowest BCUT2D eigenvalue weighted by atomic mass is 10.1. The topological polar surface area (TPSA) is 29.1 Å². The lowest BCUT2D eigenvalue weighted by Crippen LogP contribution is -2.32. The van der Waals surface area contributed by atoms with Gasteiger partial charge in [-0.05, 0) is 31.2 Å². The van der Waals surface area contributed by atoms with E-state index in [1.165, 1.54) is 0 Å². The fraction of sp³-hybridized carbons (Fsp3) is 0.857. The highest BCUT2D eigenvalue weighted by atomic mass is 127. The van der Waals surface area contributed by atoms with E-state index in [1.54, 1.807) is 6.92 Å². The highest BCUT2D eigenvalue weighted by Crippen LogP contribution is 2.00. The van der Waals surface area contributed by atoms with Gasteiger partial charge in [0.25, 0.3) is 0 Å². The number of hydrogen-bond acceptors (Lipinski definition) is 2. The summed E-state index contributed by atoms with van der Waals surface area (Å²) < 4.78 is 1.13. The number of hydrogen-bond donors (Lipinski definition) is 1. The van der Waals surface area contributed by atoms with Crippen molar-refractivity contribution >= 4 is 28.4 Å². The zero-order valence-corrected chi connectivity index (χ0v) is 8.64. The maximum absolute atomic E-state index is 10.8. The standard InChI is InChI=1S/C7H14INO/c1-6(10)7(9-2)4-3-5-8/h7,9H,3-5H2,1-2H3/t7-/m0/s1. The van der Waals surface area contributed by atoms with Gasteiger partial charge in [-0.1, -0.05) is 22.6 Å². The van der Waals surface area contributed by atoms with Gasteiger partial charge in [-0.15, -0.1) is 0 Å². The molecule has 0 saturated carbocycles. The first-order valence-corrected chi connectivity index (χ1v) is 4.98. The van der Waals surface area contributed by atoms with Crippen LogP contribution in [0.15, 0.2) is 0 Å². The molecule has 0 rings (SSSR count). The molecule has 3 heteroatoms. The van der Waals surface area contributed by atoms with Crippen LogP contribution < -0.4 is 5.32 Å². The molecule has 0 saturated heterocycles. The van der Waals surface area contributed by atoms with Crippen molar-refractivity contribution in [2.75, 3.05) is 11.5 Å². The van der Waals surface area contributed by atoms with Gasteiger partial charge < -0.3 is 5.32 Å². The molecule has 0 aliphatic rings. The molecule has 0 bridgehead atoms. The first-order chi connectivity index (χ1) is 4.72. The highest BCUT2D eigenvalue weighted by Gasteiger charge is 2.09. The van der Waals surface area contributed by atoms with E-state index in [0.29, 0.717) is 0 Å². The van der Waals surface area contributed by atoms with Crippen LogP contribution in [0.1, 0.15) is 19.8 Å². The SMILES string of the molecule is CN[C@@H](CCCI)C(C)=O. The molecule has 0 aliphatic carbocycles. The summed E-state index contributed by atoms with van der Waals surface area (Å²) in [5.41, 5.74) is 0. The number of carbonyl (C=O) groups is 1. The molecule has 0 spiro atoms. The second-order valence-corrected chi connectivity index (χ2v) is 3.36. The summed E-state index contributed by atoms with van der Waals surface area (Å²) in [6.07, 6.45) is 2.08. The molecule has 0 aromatic rings. The number of ketones is 1. The molecular formula is C7H14INO. The Balaban J connectivity index is 3.50. The lowest BCUT2D eigenvalue weighted by molar-refractivity contribution is -0.119. The number of Topliss-reactive ketones (excluding diaryl/α,β-unsaturated/α-hetero) is 1. The summed E-state index contributed by atoms with van der Waals surface area (Å²) in [7, 11) is 1.83. The Morgan fingerprint density at radius 3 is 2.60 bits per heavy atom. The van der Waals surface area contributed by atoms with Crippen LogP contribution >= 0.6 is 22.6 Å². The van der Waals surface area contributed by atoms with Crippen molar-refractivity contribution < 1.29 is 4.79 Å². The summed E-state index contributed by atoms with van der Waals surface area (Å²) >= 11 is 2.32. The Kier molecular flexibility index (Phi) is 6.31. The maximum Gasteiger partial charge on any atom is 0.146 e. The van der Waals surface area contributed by atoms with Crippen molar-refractivity contribution in [1.82, 2.24) is 5.32 Å². The summed E-state index contributed by atoms with van der Waals surface area (Å²) in [5.74, 6) is 0.243. The molecule has 1 N–H and O–H groups in total. The zero-order valence-electron chi connectivity index (χ0n) is 6.48. The maximum atomic E-state index is 10.8. The van der Waals surface area contributed by atoms with Crippen LogP contribution in [0.5, 0.6) is 0 Å². The van der Waals surface area contributed by atoms with Crippen LogP contribution in [-0.2, 0) is 4.79 Å². The fourth-order valence-corrected chi connectivity index (χ4v) is 1.27. The second-order valence-electron chi connectivity index (χ2n) is 2.28. The minimum absolute atomic E-state index is 0.0785. The summed E-state index contributed by atoms with van der Waals surface area (Å²) in [6.45, 7) is 1.63. The molecule has 2 nitrogen and oxygen atoms in total. The predicted molar refractivity (Wildman–Crippen MR) is 51.6 cm³/mol. The fourth-order valence-electron chi connectivity index (χ4n) is 0.832. The van der Waals surface area contributed by atoms with Gasteiger partial charge in [0.2, 0.25) is 0 Å². The monoisotopic (exact) mass is 255 g/mol. The van der Waals surface area contributed by atoms with E-state index < -0.39 is 0 Å². The Morgan fingerprint density at radius 1 is 1.70 bits per heavy atom. The molecule has 0 radical (unpaired) electrons. The van der Waals surface area contributed by atoms with E-state index >= 15 is 0 Å². The van der Waals surface area contributed by atoms with Gasteiger partial charge in [-0.2, -0.15) is 0 Å². The van der Waals surface area contributed by atoms with E-state index in [1.807, 2.05) is 7.05 Å². The number of halogens is 1. The van der Waals surface area contributed by atoms with E-state index in [-0.39, 0.29) is 11.8 Å². The van der Waals surface area contributed by atoms with Crippen LogP contribution in [0.2, 0.25) is 0 Å². The molecule has 10 heavy (non-hydrogen) atoms. The molecule has 0 fully saturated rings. The third-order valence-corrected chi connectivity index (χ3v) is 2.23. The Hall–Kier alpha value is 0.360. The largest absolute Gasteiger partial charge is 0.311 e. The Bertz CT molecular complexity index is 106. The van der Waals surface area contributed by atoms with E-state index in [2.05, 4.69) is 27.9 Å². The Labute approximate surface area is 75.9 Å². The molecule has 0 aliphatic heterocycles. The van der Waals surface area contributed by atoms with Gasteiger partial charge >= 0.3 is 0 Å². The van der Waals surface area contributed by atoms with Gasteiger partial charge in [-0.25, -0.2) is 0 Å². The first-order valence-electron chi connectivity index (χ1n) is 3.46. The molecule has 0 aromatic carbocycles. The molecule has 0 aromatic heterocycles. The van der Waals surface area contributed by atoms with Crippen LogP contribution in [0.4, 0.5) is 0 Å². The Morgan fingerprint density at radius 2 is 2.30 bits per heavy atom. The average molecular weight is 255 g/mol. The quantitative estimate of drug-likeness (QED) is 0.594. The number of rotatable bonds is 5. The number of likely N-dealkylation sites (N-methyl/N-ethyl adjacent to an activating group) is 1. The predicted octanol–water partition coefficient (Wildman–Crippen LogP) is 1.38. The average Bonchev–Trinajstić information content (AvgIpc) is 1.89. The van der Waals surface area contributed by atoms with Crippen molar-refractivity contribution in [3.05, 3.63) is 0 Å². The van der Waals surface area contributed by atoms with Crippen molar-refractivity contribution in [2.45, 2.75) is 25.8 Å². The van der Waals surface area contributed by atoms with Crippen molar-refractivity contribution in [1.29, 1.82) is 0 Å². The van der Waals surface area contributed by atoms with Gasteiger partial charge in [0.05, 0.1) is 6.04 Å². The molecule has 0 amide bonds. The minimum Gasteiger partial charge on any atom is -0.311 e. The highest BCUT2D eigenvalue weighted by molar-refractivity contribution is 14.1. The molecule has 60 valence electrons. The third-order valence-electron chi connectivity index (χ3n) is 1.47. The van der Waals surface area contributed by atoms with Crippen molar-refractivity contribution in [3.63, 3.8) is 0 Å². The van der Waals surface area contributed by atoms with Crippen molar-refractivity contribution in [2.24, 2.45) is 0 Å². The molecule has 0 unspecified atom stereocenters. The molecular weight excluding hydrogens is 241 g/mol. The van der Waals surface area contributed by atoms with E-state index in [9.17, 15) is 4.79 Å². The molecule has 1 atom stereocenters.